The lowest BCUT2D eigenvalue weighted by Gasteiger charge is -2.27. The number of aliphatic carboxylic acids is 1. The average molecular weight is 270 g/mol. The van der Waals surface area contributed by atoms with E-state index in [1.54, 1.807) is 4.90 Å². The molecule has 0 saturated carbocycles. The summed E-state index contributed by atoms with van der Waals surface area (Å²) in [5.41, 5.74) is 0. The molecule has 19 heavy (non-hydrogen) atoms. The Bertz CT molecular complexity index is 361. The topological polar surface area (TPSA) is 81.1 Å². The predicted molar refractivity (Wildman–Crippen MR) is 68.7 cm³/mol. The summed E-state index contributed by atoms with van der Waals surface area (Å²) in [4.78, 5) is 26.5. The van der Waals surface area contributed by atoms with Gasteiger partial charge in [-0.1, -0.05) is 13.3 Å². The molecule has 2 amide bonds. The number of amides is 2. The van der Waals surface area contributed by atoms with Crippen LogP contribution >= 0.6 is 0 Å². The van der Waals surface area contributed by atoms with Crippen molar-refractivity contribution in [3.63, 3.8) is 0 Å². The Kier molecular flexibility index (Phi) is 4.29. The Morgan fingerprint density at radius 2 is 2.05 bits per heavy atom. The summed E-state index contributed by atoms with van der Waals surface area (Å²) in [6.45, 7) is 3.67. The zero-order chi connectivity index (χ0) is 14.0. The zero-order valence-corrected chi connectivity index (χ0v) is 11.3. The van der Waals surface area contributed by atoms with Gasteiger partial charge in [0.25, 0.3) is 0 Å². The molecule has 2 fully saturated rings. The van der Waals surface area contributed by atoms with Gasteiger partial charge in [-0.05, 0) is 18.8 Å². The number of carbonyl (C=O) groups excluding carboxylic acids is 1. The Morgan fingerprint density at radius 3 is 2.68 bits per heavy atom. The highest BCUT2D eigenvalue weighted by atomic mass is 16.4. The van der Waals surface area contributed by atoms with Crippen LogP contribution in [0.15, 0.2) is 0 Å². The molecule has 2 heterocycles. The monoisotopic (exact) mass is 270 g/mol. The van der Waals surface area contributed by atoms with E-state index in [1.807, 2.05) is 0 Å². The molecule has 6 heteroatoms. The fourth-order valence-corrected chi connectivity index (χ4v) is 3.09. The van der Waals surface area contributed by atoms with E-state index in [4.69, 9.17) is 5.11 Å². The van der Waals surface area contributed by atoms with Gasteiger partial charge in [0.05, 0.1) is 6.10 Å². The normalized spacial score (nSPS) is 30.9. The van der Waals surface area contributed by atoms with Crippen LogP contribution in [-0.4, -0.2) is 63.8 Å². The van der Waals surface area contributed by atoms with E-state index < -0.39 is 18.1 Å². The summed E-state index contributed by atoms with van der Waals surface area (Å²) in [6.07, 6.45) is 2.61. The van der Waals surface area contributed by atoms with Gasteiger partial charge in [-0.15, -0.1) is 0 Å². The second-order valence-electron chi connectivity index (χ2n) is 5.57. The molecular weight excluding hydrogens is 248 g/mol. The largest absolute Gasteiger partial charge is 0.480 e. The molecule has 0 aromatic heterocycles. The lowest BCUT2D eigenvalue weighted by atomic mass is 10.0. The number of carboxylic acids is 1. The van der Waals surface area contributed by atoms with E-state index in [2.05, 4.69) is 6.92 Å². The maximum Gasteiger partial charge on any atom is 0.326 e. The van der Waals surface area contributed by atoms with Gasteiger partial charge in [0.1, 0.15) is 6.04 Å². The first-order valence-electron chi connectivity index (χ1n) is 6.99. The fraction of sp³-hybridized carbons (Fsp3) is 0.846. The number of aliphatic hydroxyl groups excluding tert-OH is 1. The number of aliphatic hydroxyl groups is 1. The average Bonchev–Trinajstić information content (AvgIpc) is 2.95. The molecule has 0 aromatic carbocycles. The number of hydrogen-bond acceptors (Lipinski definition) is 3. The number of likely N-dealkylation sites (tertiary alicyclic amines) is 2. The van der Waals surface area contributed by atoms with Crippen LogP contribution in [0.2, 0.25) is 0 Å². The van der Waals surface area contributed by atoms with E-state index in [9.17, 15) is 14.7 Å². The Morgan fingerprint density at radius 1 is 1.32 bits per heavy atom. The number of β-amino-alcohol motifs (C(OH)–C–C–N with tert-alkyl or cyclic N) is 1. The Hall–Kier alpha value is -1.30. The second kappa shape index (κ2) is 5.77. The van der Waals surface area contributed by atoms with E-state index in [-0.39, 0.29) is 19.0 Å². The highest BCUT2D eigenvalue weighted by Crippen LogP contribution is 2.25. The minimum atomic E-state index is -1.03. The van der Waals surface area contributed by atoms with Crippen molar-refractivity contribution in [3.05, 3.63) is 0 Å². The number of carbonyl (C=O) groups is 2. The van der Waals surface area contributed by atoms with Crippen molar-refractivity contribution < 1.29 is 19.8 Å². The molecule has 2 saturated heterocycles. The van der Waals surface area contributed by atoms with Crippen LogP contribution in [0.3, 0.4) is 0 Å². The van der Waals surface area contributed by atoms with Gasteiger partial charge in [-0.25, -0.2) is 9.59 Å². The van der Waals surface area contributed by atoms with E-state index >= 15 is 0 Å². The van der Waals surface area contributed by atoms with Crippen molar-refractivity contribution in [2.75, 3.05) is 19.6 Å². The molecule has 3 atom stereocenters. The van der Waals surface area contributed by atoms with Gasteiger partial charge in [0, 0.05) is 26.1 Å². The third-order valence-electron chi connectivity index (χ3n) is 4.06. The van der Waals surface area contributed by atoms with Crippen molar-refractivity contribution in [1.82, 2.24) is 9.80 Å². The SMILES string of the molecule is CCCC1CCN(C(=O)N2C[C@H](O)C[C@@H]2C(=O)O)C1. The molecule has 0 aliphatic carbocycles. The summed E-state index contributed by atoms with van der Waals surface area (Å²) < 4.78 is 0. The molecule has 6 nitrogen and oxygen atoms in total. The van der Waals surface area contributed by atoms with Crippen molar-refractivity contribution in [1.29, 1.82) is 0 Å². The lowest BCUT2D eigenvalue weighted by molar-refractivity contribution is -0.141. The third-order valence-corrected chi connectivity index (χ3v) is 4.06. The molecule has 108 valence electrons. The molecule has 2 aliphatic heterocycles. The molecular formula is C13H22N2O4. The summed E-state index contributed by atoms with van der Waals surface area (Å²) in [6, 6.07) is -1.12. The van der Waals surface area contributed by atoms with Crippen molar-refractivity contribution in [3.8, 4) is 0 Å². The van der Waals surface area contributed by atoms with Gasteiger partial charge in [0.2, 0.25) is 0 Å². The minimum Gasteiger partial charge on any atom is -0.480 e. The van der Waals surface area contributed by atoms with E-state index in [1.165, 1.54) is 4.90 Å². The minimum absolute atomic E-state index is 0.130. The van der Waals surface area contributed by atoms with Crippen LogP contribution in [0.1, 0.15) is 32.6 Å². The first-order valence-corrected chi connectivity index (χ1v) is 6.99. The first kappa shape index (κ1) is 14.1. The summed E-state index contributed by atoms with van der Waals surface area (Å²) in [5, 5.41) is 18.7. The van der Waals surface area contributed by atoms with Gasteiger partial charge in [-0.3, -0.25) is 0 Å². The van der Waals surface area contributed by atoms with E-state index in [0.29, 0.717) is 19.0 Å². The van der Waals surface area contributed by atoms with Crippen LogP contribution in [0, 0.1) is 5.92 Å². The molecule has 2 aliphatic rings. The Balaban J connectivity index is 1.97. The van der Waals surface area contributed by atoms with Gasteiger partial charge >= 0.3 is 12.0 Å². The third kappa shape index (κ3) is 3.00. The van der Waals surface area contributed by atoms with Crippen molar-refractivity contribution >= 4 is 12.0 Å². The molecule has 0 bridgehead atoms. The highest BCUT2D eigenvalue weighted by Gasteiger charge is 2.41. The van der Waals surface area contributed by atoms with Crippen LogP contribution in [0.5, 0.6) is 0 Å². The second-order valence-corrected chi connectivity index (χ2v) is 5.57. The number of nitrogens with zero attached hydrogens (tertiary/aromatic N) is 2. The van der Waals surface area contributed by atoms with Gasteiger partial charge < -0.3 is 20.0 Å². The number of urea groups is 1. The summed E-state index contributed by atoms with van der Waals surface area (Å²) in [5.74, 6) is -0.501. The fourth-order valence-electron chi connectivity index (χ4n) is 3.09. The zero-order valence-electron chi connectivity index (χ0n) is 11.3. The molecule has 2 rings (SSSR count). The van der Waals surface area contributed by atoms with Crippen molar-refractivity contribution in [2.45, 2.75) is 44.8 Å². The predicted octanol–water partition coefficient (Wildman–Crippen LogP) is 0.748. The standard InChI is InChI=1S/C13H22N2O4/c1-2-3-9-4-5-14(7-9)13(19)15-8-10(16)6-11(15)12(17)18/h9-11,16H,2-8H2,1H3,(H,17,18)/t9?,10-,11-/m1/s1. The van der Waals surface area contributed by atoms with E-state index in [0.717, 1.165) is 19.3 Å². The number of carboxylic acid groups (broad SMARTS) is 1. The maximum atomic E-state index is 12.3. The van der Waals surface area contributed by atoms with Crippen LogP contribution < -0.4 is 0 Å². The number of rotatable bonds is 3. The quantitative estimate of drug-likeness (QED) is 0.793. The number of hydrogen-bond donors (Lipinski definition) is 2. The lowest BCUT2D eigenvalue weighted by Crippen LogP contribution is -2.47. The van der Waals surface area contributed by atoms with Crippen molar-refractivity contribution in [2.24, 2.45) is 5.92 Å². The molecule has 0 radical (unpaired) electrons. The van der Waals surface area contributed by atoms with Gasteiger partial charge in [-0.2, -0.15) is 0 Å². The molecule has 2 N–H and O–H groups in total. The summed E-state index contributed by atoms with van der Waals surface area (Å²) >= 11 is 0. The summed E-state index contributed by atoms with van der Waals surface area (Å²) in [7, 11) is 0. The van der Waals surface area contributed by atoms with Crippen LogP contribution in [0.4, 0.5) is 4.79 Å². The first-order chi connectivity index (χ1) is 9.02. The molecule has 1 unspecified atom stereocenters. The highest BCUT2D eigenvalue weighted by molar-refractivity contribution is 5.83. The molecule has 0 aromatic rings. The smallest absolute Gasteiger partial charge is 0.326 e. The molecule has 0 spiro atoms. The Labute approximate surface area is 113 Å². The van der Waals surface area contributed by atoms with Crippen LogP contribution in [0.25, 0.3) is 0 Å². The van der Waals surface area contributed by atoms with Gasteiger partial charge in [0.15, 0.2) is 0 Å². The van der Waals surface area contributed by atoms with Crippen LogP contribution in [-0.2, 0) is 4.79 Å². The maximum absolute atomic E-state index is 12.3.